The first-order chi connectivity index (χ1) is 12.3. The lowest BCUT2D eigenvalue weighted by Crippen LogP contribution is -2.31. The van der Waals surface area contributed by atoms with Gasteiger partial charge in [0.05, 0.1) is 11.5 Å². The van der Waals surface area contributed by atoms with Crippen LogP contribution in [-0.4, -0.2) is 39.2 Å². The van der Waals surface area contributed by atoms with Crippen LogP contribution in [0.4, 0.5) is 5.69 Å². The van der Waals surface area contributed by atoms with E-state index in [1.54, 1.807) is 19.1 Å². The first kappa shape index (κ1) is 19.7. The first-order valence-electron chi connectivity index (χ1n) is 8.02. The minimum absolute atomic E-state index is 0.104. The summed E-state index contributed by atoms with van der Waals surface area (Å²) >= 11 is 0. The molecule has 3 N–H and O–H groups in total. The maximum absolute atomic E-state index is 12.5. The summed E-state index contributed by atoms with van der Waals surface area (Å²) in [6.45, 7) is 3.42. The average Bonchev–Trinajstić information content (AvgIpc) is 2.60. The molecule has 0 aliphatic heterocycles. The van der Waals surface area contributed by atoms with Crippen LogP contribution in [0.3, 0.4) is 0 Å². The van der Waals surface area contributed by atoms with E-state index in [1.807, 2.05) is 19.1 Å². The fourth-order valence-electron chi connectivity index (χ4n) is 2.18. The van der Waals surface area contributed by atoms with Crippen LogP contribution in [0, 0.1) is 13.8 Å². The zero-order chi connectivity index (χ0) is 19.2. The van der Waals surface area contributed by atoms with E-state index in [4.69, 9.17) is 9.84 Å². The number of anilines is 1. The number of carbonyl (C=O) groups excluding carboxylic acids is 1. The lowest BCUT2D eigenvalue weighted by molar-refractivity contribution is -0.123. The van der Waals surface area contributed by atoms with Crippen LogP contribution in [0.1, 0.15) is 11.1 Å². The summed E-state index contributed by atoms with van der Waals surface area (Å²) in [4.78, 5) is 11.6. The molecule has 0 saturated carbocycles. The Hall–Kier alpha value is -2.58. The van der Waals surface area contributed by atoms with Gasteiger partial charge in [0.15, 0.2) is 6.61 Å². The minimum Gasteiger partial charge on any atom is -0.484 e. The standard InChI is InChI=1S/C18H22N2O5S/c1-13-3-5-15(6-4-13)20-26(23,24)16-7-8-17(14(2)11-16)25-12-18(22)19-9-10-21/h3-8,11,20-21H,9-10,12H2,1-2H3,(H,19,22). The number of aliphatic hydroxyl groups is 1. The summed E-state index contributed by atoms with van der Waals surface area (Å²) < 4.78 is 32.9. The lowest BCUT2D eigenvalue weighted by atomic mass is 10.2. The molecule has 0 fully saturated rings. The molecule has 2 aromatic rings. The highest BCUT2D eigenvalue weighted by Crippen LogP contribution is 2.23. The lowest BCUT2D eigenvalue weighted by Gasteiger charge is -2.12. The third-order valence-corrected chi connectivity index (χ3v) is 4.93. The quantitative estimate of drug-likeness (QED) is 0.647. The molecule has 2 rings (SSSR count). The van der Waals surface area contributed by atoms with Crippen LogP contribution in [-0.2, 0) is 14.8 Å². The zero-order valence-electron chi connectivity index (χ0n) is 14.7. The number of sulfonamides is 1. The van der Waals surface area contributed by atoms with Gasteiger partial charge in [-0.25, -0.2) is 8.42 Å². The van der Waals surface area contributed by atoms with Crippen molar-refractivity contribution in [2.45, 2.75) is 18.7 Å². The number of amides is 1. The van der Waals surface area contributed by atoms with Crippen LogP contribution in [0.25, 0.3) is 0 Å². The Bertz CT molecular complexity index is 864. The van der Waals surface area contributed by atoms with E-state index in [0.717, 1.165) is 5.56 Å². The van der Waals surface area contributed by atoms with Gasteiger partial charge in [-0.05, 0) is 49.7 Å². The number of rotatable bonds is 8. The van der Waals surface area contributed by atoms with Gasteiger partial charge in [-0.15, -0.1) is 0 Å². The van der Waals surface area contributed by atoms with Crippen molar-refractivity contribution in [3.63, 3.8) is 0 Å². The van der Waals surface area contributed by atoms with Gasteiger partial charge >= 0.3 is 0 Å². The minimum atomic E-state index is -3.72. The molecule has 26 heavy (non-hydrogen) atoms. The molecule has 1 amide bonds. The van der Waals surface area contributed by atoms with Crippen LogP contribution >= 0.6 is 0 Å². The summed E-state index contributed by atoms with van der Waals surface area (Å²) in [7, 11) is -3.72. The number of ether oxygens (including phenoxy) is 1. The summed E-state index contributed by atoms with van der Waals surface area (Å²) in [5, 5.41) is 11.1. The molecule has 0 spiro atoms. The fraction of sp³-hybridized carbons (Fsp3) is 0.278. The molecule has 0 atom stereocenters. The van der Waals surface area contributed by atoms with Crippen molar-refractivity contribution in [1.29, 1.82) is 0 Å². The van der Waals surface area contributed by atoms with E-state index in [1.165, 1.54) is 18.2 Å². The summed E-state index contributed by atoms with van der Waals surface area (Å²) in [6.07, 6.45) is 0. The Morgan fingerprint density at radius 2 is 1.81 bits per heavy atom. The highest BCUT2D eigenvalue weighted by atomic mass is 32.2. The Kier molecular flexibility index (Phi) is 6.59. The molecule has 0 radical (unpaired) electrons. The second kappa shape index (κ2) is 8.68. The predicted octanol–water partition coefficient (Wildman–Crippen LogP) is 1.59. The van der Waals surface area contributed by atoms with Crippen LogP contribution in [0.5, 0.6) is 5.75 Å². The summed E-state index contributed by atoms with van der Waals surface area (Å²) in [5.74, 6) is 0.0506. The van der Waals surface area contributed by atoms with Gasteiger partial charge in [0.2, 0.25) is 0 Å². The van der Waals surface area contributed by atoms with Gasteiger partial charge in [0.25, 0.3) is 15.9 Å². The fourth-order valence-corrected chi connectivity index (χ4v) is 3.32. The average molecular weight is 378 g/mol. The van der Waals surface area contributed by atoms with Crippen molar-refractivity contribution in [2.75, 3.05) is 24.5 Å². The number of nitrogens with one attached hydrogen (secondary N) is 2. The molecule has 0 aliphatic rings. The summed E-state index contributed by atoms with van der Waals surface area (Å²) in [5.41, 5.74) is 2.11. The smallest absolute Gasteiger partial charge is 0.261 e. The second-order valence-corrected chi connectivity index (χ2v) is 7.44. The van der Waals surface area contributed by atoms with Gasteiger partial charge in [-0.3, -0.25) is 9.52 Å². The van der Waals surface area contributed by atoms with Crippen LogP contribution < -0.4 is 14.8 Å². The monoisotopic (exact) mass is 378 g/mol. The topological polar surface area (TPSA) is 105 Å². The maximum Gasteiger partial charge on any atom is 0.261 e. The van der Waals surface area contributed by atoms with Crippen LogP contribution in [0.15, 0.2) is 47.4 Å². The molecule has 0 bridgehead atoms. The van der Waals surface area contributed by atoms with Crippen molar-refractivity contribution >= 4 is 21.6 Å². The number of aliphatic hydroxyl groups excluding tert-OH is 1. The second-order valence-electron chi connectivity index (χ2n) is 5.76. The predicted molar refractivity (Wildman–Crippen MR) is 98.8 cm³/mol. The van der Waals surface area contributed by atoms with Gasteiger partial charge in [0, 0.05) is 12.2 Å². The van der Waals surface area contributed by atoms with Crippen molar-refractivity contribution in [3.8, 4) is 5.75 Å². The van der Waals surface area contributed by atoms with Crippen molar-refractivity contribution in [3.05, 3.63) is 53.6 Å². The molecule has 140 valence electrons. The molecule has 0 saturated heterocycles. The van der Waals surface area contributed by atoms with Crippen molar-refractivity contribution in [2.24, 2.45) is 0 Å². The Labute approximate surface area is 153 Å². The van der Waals surface area contributed by atoms with E-state index < -0.39 is 10.0 Å². The molecule has 8 heteroatoms. The van der Waals surface area contributed by atoms with E-state index >= 15 is 0 Å². The van der Waals surface area contributed by atoms with E-state index in [9.17, 15) is 13.2 Å². The SMILES string of the molecule is Cc1ccc(NS(=O)(=O)c2ccc(OCC(=O)NCCO)c(C)c2)cc1. The Morgan fingerprint density at radius 1 is 1.12 bits per heavy atom. The Balaban J connectivity index is 2.07. The van der Waals surface area contributed by atoms with Crippen molar-refractivity contribution in [1.82, 2.24) is 5.32 Å². The third kappa shape index (κ3) is 5.47. The molecular weight excluding hydrogens is 356 g/mol. The molecule has 0 aliphatic carbocycles. The van der Waals surface area contributed by atoms with E-state index in [2.05, 4.69) is 10.0 Å². The zero-order valence-corrected chi connectivity index (χ0v) is 15.5. The molecule has 0 heterocycles. The number of aryl methyl sites for hydroxylation is 2. The van der Waals surface area contributed by atoms with Gasteiger partial charge in [-0.1, -0.05) is 17.7 Å². The largest absolute Gasteiger partial charge is 0.484 e. The van der Waals surface area contributed by atoms with Crippen LogP contribution in [0.2, 0.25) is 0 Å². The highest BCUT2D eigenvalue weighted by molar-refractivity contribution is 7.92. The van der Waals surface area contributed by atoms with Gasteiger partial charge in [0.1, 0.15) is 5.75 Å². The molecule has 0 unspecified atom stereocenters. The number of carbonyl (C=O) groups is 1. The number of benzene rings is 2. The van der Waals surface area contributed by atoms with E-state index in [-0.39, 0.29) is 30.6 Å². The van der Waals surface area contributed by atoms with Gasteiger partial charge < -0.3 is 15.2 Å². The highest BCUT2D eigenvalue weighted by Gasteiger charge is 2.16. The van der Waals surface area contributed by atoms with Crippen molar-refractivity contribution < 1.29 is 23.1 Å². The normalized spacial score (nSPS) is 11.0. The molecule has 7 nitrogen and oxygen atoms in total. The third-order valence-electron chi connectivity index (χ3n) is 3.55. The molecular formula is C18H22N2O5S. The first-order valence-corrected chi connectivity index (χ1v) is 9.50. The Morgan fingerprint density at radius 3 is 2.42 bits per heavy atom. The summed E-state index contributed by atoms with van der Waals surface area (Å²) in [6, 6.07) is 11.5. The maximum atomic E-state index is 12.5. The molecule has 2 aromatic carbocycles. The number of hydrogen-bond donors (Lipinski definition) is 3. The number of hydrogen-bond acceptors (Lipinski definition) is 5. The molecule has 0 aromatic heterocycles. The van der Waals surface area contributed by atoms with E-state index in [0.29, 0.717) is 17.0 Å². The van der Waals surface area contributed by atoms with Gasteiger partial charge in [-0.2, -0.15) is 0 Å².